The standard InChI is InChI=1S/C13H23N5O/c1-9(2)18-12(16-8-17-18)7-15-11-5-3-10(4-6-11)13(14)19/h8-11,15H,3-7H2,1-2H3,(H2,14,19). The Hall–Kier alpha value is -1.43. The minimum atomic E-state index is -0.155. The molecule has 6 nitrogen and oxygen atoms in total. The molecule has 1 saturated carbocycles. The Labute approximate surface area is 113 Å². The van der Waals surface area contributed by atoms with E-state index >= 15 is 0 Å². The number of carbonyl (C=O) groups is 1. The molecule has 6 heteroatoms. The maximum Gasteiger partial charge on any atom is 0.220 e. The molecule has 0 spiro atoms. The van der Waals surface area contributed by atoms with E-state index in [-0.39, 0.29) is 11.8 Å². The third kappa shape index (κ3) is 3.53. The third-order valence-corrected chi connectivity index (χ3v) is 3.81. The minimum absolute atomic E-state index is 0.0670. The number of hydrogen-bond acceptors (Lipinski definition) is 4. The molecule has 1 amide bonds. The van der Waals surface area contributed by atoms with Crippen LogP contribution in [0.15, 0.2) is 6.33 Å². The first-order valence-electron chi connectivity index (χ1n) is 6.99. The number of primary amides is 1. The fourth-order valence-corrected chi connectivity index (χ4v) is 2.65. The summed E-state index contributed by atoms with van der Waals surface area (Å²) >= 11 is 0. The summed E-state index contributed by atoms with van der Waals surface area (Å²) < 4.78 is 1.93. The highest BCUT2D eigenvalue weighted by molar-refractivity contribution is 5.76. The average molecular weight is 265 g/mol. The highest BCUT2D eigenvalue weighted by Gasteiger charge is 2.24. The van der Waals surface area contributed by atoms with Gasteiger partial charge in [0.05, 0.1) is 6.54 Å². The SMILES string of the molecule is CC(C)n1ncnc1CNC1CCC(C(N)=O)CC1. The van der Waals surface area contributed by atoms with Gasteiger partial charge in [0.2, 0.25) is 5.91 Å². The Balaban J connectivity index is 1.80. The summed E-state index contributed by atoms with van der Waals surface area (Å²) in [7, 11) is 0. The summed E-state index contributed by atoms with van der Waals surface area (Å²) in [5.74, 6) is 0.877. The largest absolute Gasteiger partial charge is 0.369 e. The zero-order chi connectivity index (χ0) is 13.8. The molecule has 0 atom stereocenters. The van der Waals surface area contributed by atoms with Crippen LogP contribution in [0.5, 0.6) is 0 Å². The fourth-order valence-electron chi connectivity index (χ4n) is 2.65. The van der Waals surface area contributed by atoms with E-state index in [9.17, 15) is 4.79 Å². The number of rotatable bonds is 5. The smallest absolute Gasteiger partial charge is 0.220 e. The lowest BCUT2D eigenvalue weighted by molar-refractivity contribution is -0.122. The second kappa shape index (κ2) is 6.14. The van der Waals surface area contributed by atoms with Gasteiger partial charge in [-0.25, -0.2) is 9.67 Å². The Bertz CT molecular complexity index is 420. The number of amides is 1. The minimum Gasteiger partial charge on any atom is -0.369 e. The van der Waals surface area contributed by atoms with Crippen LogP contribution in [0.3, 0.4) is 0 Å². The van der Waals surface area contributed by atoms with Gasteiger partial charge in [0.15, 0.2) is 0 Å². The number of nitrogens with two attached hydrogens (primary N) is 1. The van der Waals surface area contributed by atoms with Crippen LogP contribution in [0.25, 0.3) is 0 Å². The quantitative estimate of drug-likeness (QED) is 0.831. The van der Waals surface area contributed by atoms with E-state index in [0.717, 1.165) is 38.1 Å². The van der Waals surface area contributed by atoms with Gasteiger partial charge in [-0.3, -0.25) is 4.79 Å². The summed E-state index contributed by atoms with van der Waals surface area (Å²) in [4.78, 5) is 15.4. The summed E-state index contributed by atoms with van der Waals surface area (Å²) in [6, 6.07) is 0.776. The van der Waals surface area contributed by atoms with Crippen LogP contribution in [-0.4, -0.2) is 26.7 Å². The van der Waals surface area contributed by atoms with Gasteiger partial charge in [0.25, 0.3) is 0 Å². The van der Waals surface area contributed by atoms with E-state index in [2.05, 4.69) is 29.2 Å². The highest BCUT2D eigenvalue weighted by Crippen LogP contribution is 2.24. The third-order valence-electron chi connectivity index (χ3n) is 3.81. The van der Waals surface area contributed by atoms with Gasteiger partial charge in [-0.15, -0.1) is 0 Å². The van der Waals surface area contributed by atoms with Crippen LogP contribution in [0, 0.1) is 5.92 Å². The van der Waals surface area contributed by atoms with Gasteiger partial charge >= 0.3 is 0 Å². The zero-order valence-corrected chi connectivity index (χ0v) is 11.7. The Morgan fingerprint density at radius 2 is 2.16 bits per heavy atom. The molecule has 0 aromatic carbocycles. The van der Waals surface area contributed by atoms with Crippen molar-refractivity contribution in [3.63, 3.8) is 0 Å². The number of aromatic nitrogens is 3. The molecule has 0 aliphatic heterocycles. The topological polar surface area (TPSA) is 85.8 Å². The molecule has 106 valence electrons. The van der Waals surface area contributed by atoms with Crippen LogP contribution >= 0.6 is 0 Å². The molecule has 0 unspecified atom stereocenters. The Kier molecular flexibility index (Phi) is 4.52. The number of nitrogens with one attached hydrogen (secondary N) is 1. The van der Waals surface area contributed by atoms with Gasteiger partial charge in [-0.2, -0.15) is 5.10 Å². The van der Waals surface area contributed by atoms with Crippen molar-refractivity contribution in [3.05, 3.63) is 12.2 Å². The number of carbonyl (C=O) groups excluding carboxylic acids is 1. The lowest BCUT2D eigenvalue weighted by Crippen LogP contribution is -2.36. The first-order chi connectivity index (χ1) is 9.08. The molecule has 1 aliphatic rings. The monoisotopic (exact) mass is 265 g/mol. The van der Waals surface area contributed by atoms with Crippen LogP contribution in [-0.2, 0) is 11.3 Å². The second-order valence-electron chi connectivity index (χ2n) is 5.55. The van der Waals surface area contributed by atoms with Crippen molar-refractivity contribution < 1.29 is 4.79 Å². The molecule has 2 rings (SSSR count). The maximum absolute atomic E-state index is 11.1. The molecular weight excluding hydrogens is 242 g/mol. The van der Waals surface area contributed by atoms with Crippen molar-refractivity contribution in [1.82, 2.24) is 20.1 Å². The van der Waals surface area contributed by atoms with Crippen molar-refractivity contribution in [1.29, 1.82) is 0 Å². The van der Waals surface area contributed by atoms with E-state index in [1.807, 2.05) is 4.68 Å². The summed E-state index contributed by atoms with van der Waals surface area (Å²) in [5.41, 5.74) is 5.34. The van der Waals surface area contributed by atoms with E-state index in [1.165, 1.54) is 0 Å². The maximum atomic E-state index is 11.1. The van der Waals surface area contributed by atoms with Crippen molar-refractivity contribution in [3.8, 4) is 0 Å². The predicted molar refractivity (Wildman–Crippen MR) is 72.2 cm³/mol. The lowest BCUT2D eigenvalue weighted by Gasteiger charge is -2.27. The normalized spacial score (nSPS) is 23.7. The van der Waals surface area contributed by atoms with Gasteiger partial charge in [0.1, 0.15) is 12.2 Å². The first-order valence-corrected chi connectivity index (χ1v) is 6.99. The van der Waals surface area contributed by atoms with Crippen LogP contribution in [0.2, 0.25) is 0 Å². The van der Waals surface area contributed by atoms with Gasteiger partial charge in [0, 0.05) is 18.0 Å². The Morgan fingerprint density at radius 3 is 2.74 bits per heavy atom. The van der Waals surface area contributed by atoms with Crippen LogP contribution < -0.4 is 11.1 Å². The molecule has 1 aromatic heterocycles. The molecule has 1 aromatic rings. The van der Waals surface area contributed by atoms with E-state index in [4.69, 9.17) is 5.73 Å². The van der Waals surface area contributed by atoms with Gasteiger partial charge in [-0.1, -0.05) is 0 Å². The first kappa shape index (κ1) is 14.0. The highest BCUT2D eigenvalue weighted by atomic mass is 16.1. The number of nitrogens with zero attached hydrogens (tertiary/aromatic N) is 3. The molecule has 3 N–H and O–H groups in total. The molecule has 1 aliphatic carbocycles. The molecule has 0 saturated heterocycles. The fraction of sp³-hybridized carbons (Fsp3) is 0.769. The molecule has 0 bridgehead atoms. The Morgan fingerprint density at radius 1 is 1.47 bits per heavy atom. The summed E-state index contributed by atoms with van der Waals surface area (Å²) in [5, 5.41) is 7.72. The van der Waals surface area contributed by atoms with Crippen LogP contribution in [0.4, 0.5) is 0 Å². The summed E-state index contributed by atoms with van der Waals surface area (Å²) in [6.45, 7) is 4.91. The lowest BCUT2D eigenvalue weighted by atomic mass is 9.85. The van der Waals surface area contributed by atoms with E-state index < -0.39 is 0 Å². The molecule has 1 fully saturated rings. The second-order valence-corrected chi connectivity index (χ2v) is 5.55. The van der Waals surface area contributed by atoms with E-state index in [0.29, 0.717) is 12.1 Å². The van der Waals surface area contributed by atoms with Crippen LogP contribution in [0.1, 0.15) is 51.4 Å². The van der Waals surface area contributed by atoms with Gasteiger partial charge < -0.3 is 11.1 Å². The molecule has 0 radical (unpaired) electrons. The zero-order valence-electron chi connectivity index (χ0n) is 11.7. The van der Waals surface area contributed by atoms with Crippen molar-refractivity contribution in [2.75, 3.05) is 0 Å². The number of hydrogen-bond donors (Lipinski definition) is 2. The molecular formula is C13H23N5O. The van der Waals surface area contributed by atoms with E-state index in [1.54, 1.807) is 6.33 Å². The average Bonchev–Trinajstić information content (AvgIpc) is 2.85. The molecule has 19 heavy (non-hydrogen) atoms. The van der Waals surface area contributed by atoms with Crippen molar-refractivity contribution in [2.24, 2.45) is 11.7 Å². The molecule has 1 heterocycles. The van der Waals surface area contributed by atoms with Crippen molar-refractivity contribution >= 4 is 5.91 Å². The summed E-state index contributed by atoms with van der Waals surface area (Å²) in [6.07, 6.45) is 5.39. The van der Waals surface area contributed by atoms with Gasteiger partial charge in [-0.05, 0) is 39.5 Å². The van der Waals surface area contributed by atoms with Crippen molar-refractivity contribution in [2.45, 2.75) is 58.2 Å². The predicted octanol–water partition coefficient (Wildman–Crippen LogP) is 0.993.